The van der Waals surface area contributed by atoms with Crippen molar-refractivity contribution in [2.24, 2.45) is 0 Å². The van der Waals surface area contributed by atoms with Gasteiger partial charge in [0, 0.05) is 33.8 Å². The molecule has 3 aromatic heterocycles. The molecule has 5 nitrogen and oxygen atoms in total. The van der Waals surface area contributed by atoms with E-state index in [2.05, 4.69) is 41.7 Å². The summed E-state index contributed by atoms with van der Waals surface area (Å²) in [4.78, 5) is 3.58. The highest BCUT2D eigenvalue weighted by Crippen LogP contribution is 2.37. The fourth-order valence-corrected chi connectivity index (χ4v) is 7.37. The van der Waals surface area contributed by atoms with Crippen LogP contribution in [0, 0.1) is 0 Å². The van der Waals surface area contributed by atoms with Crippen molar-refractivity contribution in [2.45, 2.75) is 18.0 Å². The van der Waals surface area contributed by atoms with Gasteiger partial charge in [0.25, 0.3) is 0 Å². The van der Waals surface area contributed by atoms with E-state index in [-0.39, 0.29) is 0 Å². The van der Waals surface area contributed by atoms with Crippen molar-refractivity contribution in [3.63, 3.8) is 0 Å². The number of thiophene rings is 2. The van der Waals surface area contributed by atoms with Crippen LogP contribution in [-0.4, -0.2) is 24.5 Å². The molecule has 0 amide bonds. The first-order valence-electron chi connectivity index (χ1n) is 12.3. The second kappa shape index (κ2) is 10.7. The number of hydrogen-bond acceptors (Lipinski definition) is 6. The number of fused-ring (bicyclic) bond motifs is 1. The lowest BCUT2D eigenvalue weighted by molar-refractivity contribution is 0.602. The minimum Gasteiger partial charge on any atom is -0.306 e. The van der Waals surface area contributed by atoms with E-state index in [1.54, 1.807) is 40.9 Å². The fraction of sp³-hybridized carbons (Fsp3) is 0.100. The van der Waals surface area contributed by atoms with Crippen molar-refractivity contribution in [1.29, 1.82) is 0 Å². The number of para-hydroxylation sites is 1. The highest BCUT2D eigenvalue weighted by molar-refractivity contribution is 7.90. The molecule has 196 valence electrons. The van der Waals surface area contributed by atoms with Gasteiger partial charge in [-0.3, -0.25) is 0 Å². The summed E-state index contributed by atoms with van der Waals surface area (Å²) in [5.41, 5.74) is 3.50. The van der Waals surface area contributed by atoms with Crippen LogP contribution in [0.1, 0.15) is 10.6 Å². The molecule has 0 saturated carbocycles. The second-order valence-electron chi connectivity index (χ2n) is 9.20. The molecule has 0 saturated heterocycles. The first kappa shape index (κ1) is 26.0. The van der Waals surface area contributed by atoms with E-state index in [1.165, 1.54) is 21.2 Å². The molecule has 9 heteroatoms. The van der Waals surface area contributed by atoms with E-state index in [1.807, 2.05) is 47.1 Å². The Morgan fingerprint density at radius 3 is 2.46 bits per heavy atom. The highest BCUT2D eigenvalue weighted by atomic mass is 35.5. The number of halogens is 1. The second-order valence-corrected chi connectivity index (χ2v) is 13.9. The van der Waals surface area contributed by atoms with E-state index >= 15 is 0 Å². The standard InChI is InChI=1S/C30H24ClN3O2S3/c1-39(35,36)24-9-6-8-21(16-24)29-13-14-30(38-29)27-17-22(33-34(27)26-11-4-3-10-25(26)31)18-32-19-23-15-20-7-2-5-12-28(20)37-23/h2-17,32H,18-19H2,1H3. The van der Waals surface area contributed by atoms with Crippen LogP contribution in [0.15, 0.2) is 102 Å². The van der Waals surface area contributed by atoms with Gasteiger partial charge in [0.2, 0.25) is 0 Å². The molecule has 6 rings (SSSR count). The van der Waals surface area contributed by atoms with Crippen LogP contribution in [0.2, 0.25) is 5.02 Å². The van der Waals surface area contributed by atoms with Crippen molar-refractivity contribution in [2.75, 3.05) is 6.26 Å². The maximum Gasteiger partial charge on any atom is 0.175 e. The topological polar surface area (TPSA) is 64.0 Å². The largest absolute Gasteiger partial charge is 0.306 e. The monoisotopic (exact) mass is 589 g/mol. The van der Waals surface area contributed by atoms with Crippen molar-refractivity contribution in [3.8, 4) is 26.7 Å². The van der Waals surface area contributed by atoms with E-state index in [4.69, 9.17) is 16.7 Å². The van der Waals surface area contributed by atoms with E-state index in [0.29, 0.717) is 16.5 Å². The number of sulfone groups is 1. The summed E-state index contributed by atoms with van der Waals surface area (Å²) in [6.07, 6.45) is 1.23. The van der Waals surface area contributed by atoms with Crippen LogP contribution in [0.3, 0.4) is 0 Å². The summed E-state index contributed by atoms with van der Waals surface area (Å²) in [6, 6.07) is 31.5. The Kier molecular flexibility index (Phi) is 7.14. The lowest BCUT2D eigenvalue weighted by Crippen LogP contribution is -2.12. The third-order valence-corrected chi connectivity index (χ3v) is 10.0. The Bertz CT molecular complexity index is 1870. The third kappa shape index (κ3) is 5.57. The van der Waals surface area contributed by atoms with Gasteiger partial charge in [-0.15, -0.1) is 22.7 Å². The number of aromatic nitrogens is 2. The van der Waals surface area contributed by atoms with Crippen molar-refractivity contribution < 1.29 is 8.42 Å². The zero-order valence-electron chi connectivity index (χ0n) is 21.0. The molecule has 6 aromatic rings. The number of hydrogen-bond donors (Lipinski definition) is 1. The smallest absolute Gasteiger partial charge is 0.175 e. The average Bonchev–Trinajstić information content (AvgIpc) is 3.67. The molecule has 0 atom stereocenters. The van der Waals surface area contributed by atoms with Gasteiger partial charge in [-0.05, 0) is 65.5 Å². The quantitative estimate of drug-likeness (QED) is 0.196. The summed E-state index contributed by atoms with van der Waals surface area (Å²) in [6.45, 7) is 1.36. The Hall–Kier alpha value is -3.27. The summed E-state index contributed by atoms with van der Waals surface area (Å²) < 4.78 is 27.3. The average molecular weight is 590 g/mol. The van der Waals surface area contributed by atoms with Crippen molar-refractivity contribution >= 4 is 54.2 Å². The summed E-state index contributed by atoms with van der Waals surface area (Å²) in [7, 11) is -3.29. The molecule has 3 heterocycles. The minimum atomic E-state index is -3.29. The van der Waals surface area contributed by atoms with Crippen LogP contribution in [0.4, 0.5) is 0 Å². The normalized spacial score (nSPS) is 11.8. The van der Waals surface area contributed by atoms with Gasteiger partial charge in [0.1, 0.15) is 0 Å². The molecule has 39 heavy (non-hydrogen) atoms. The third-order valence-electron chi connectivity index (χ3n) is 6.33. The van der Waals surface area contributed by atoms with E-state index in [0.717, 1.165) is 38.9 Å². The zero-order chi connectivity index (χ0) is 27.0. The Morgan fingerprint density at radius 1 is 0.846 bits per heavy atom. The highest BCUT2D eigenvalue weighted by Gasteiger charge is 2.17. The molecule has 0 unspecified atom stereocenters. The fourth-order valence-electron chi connectivity index (χ4n) is 4.45. The number of nitrogens with zero attached hydrogens (tertiary/aromatic N) is 2. The lowest BCUT2D eigenvalue weighted by Gasteiger charge is -2.08. The van der Waals surface area contributed by atoms with Crippen molar-refractivity contribution in [1.82, 2.24) is 15.1 Å². The molecule has 3 aromatic carbocycles. The first-order chi connectivity index (χ1) is 18.8. The van der Waals surface area contributed by atoms with E-state index in [9.17, 15) is 8.42 Å². The first-order valence-corrected chi connectivity index (χ1v) is 16.2. The van der Waals surface area contributed by atoms with Gasteiger partial charge in [0.15, 0.2) is 9.84 Å². The Morgan fingerprint density at radius 2 is 1.64 bits per heavy atom. The molecular formula is C30H24ClN3O2S3. The minimum absolute atomic E-state index is 0.308. The predicted octanol–water partition coefficient (Wildman–Crippen LogP) is 7.83. The molecular weight excluding hydrogens is 566 g/mol. The van der Waals surface area contributed by atoms with Gasteiger partial charge in [-0.1, -0.05) is 54.1 Å². The molecule has 0 aliphatic carbocycles. The summed E-state index contributed by atoms with van der Waals surface area (Å²) in [5, 5.41) is 10.3. The predicted molar refractivity (Wildman–Crippen MR) is 163 cm³/mol. The summed E-state index contributed by atoms with van der Waals surface area (Å²) in [5.74, 6) is 0. The number of rotatable bonds is 8. The molecule has 0 aliphatic heterocycles. The van der Waals surface area contributed by atoms with Gasteiger partial charge in [0.05, 0.1) is 31.9 Å². The van der Waals surface area contributed by atoms with Crippen LogP contribution in [0.5, 0.6) is 0 Å². The maximum atomic E-state index is 12.1. The number of nitrogens with one attached hydrogen (secondary N) is 1. The SMILES string of the molecule is CS(=O)(=O)c1cccc(-c2ccc(-c3cc(CNCc4cc5ccccc5s4)nn3-c3ccccc3Cl)s2)c1. The Balaban J connectivity index is 1.30. The molecule has 0 fully saturated rings. The molecule has 0 bridgehead atoms. The zero-order valence-corrected chi connectivity index (χ0v) is 24.2. The molecule has 0 aliphatic rings. The molecule has 0 spiro atoms. The van der Waals surface area contributed by atoms with Gasteiger partial charge in [-0.2, -0.15) is 5.10 Å². The number of benzene rings is 3. The van der Waals surface area contributed by atoms with E-state index < -0.39 is 9.84 Å². The lowest BCUT2D eigenvalue weighted by atomic mass is 10.2. The van der Waals surface area contributed by atoms with Crippen LogP contribution >= 0.6 is 34.3 Å². The maximum absolute atomic E-state index is 12.1. The van der Waals surface area contributed by atoms with Crippen LogP contribution in [-0.2, 0) is 22.9 Å². The molecule has 0 radical (unpaired) electrons. The molecule has 1 N–H and O–H groups in total. The van der Waals surface area contributed by atoms with Crippen LogP contribution in [0.25, 0.3) is 36.8 Å². The van der Waals surface area contributed by atoms with Crippen molar-refractivity contribution in [3.05, 3.63) is 113 Å². The van der Waals surface area contributed by atoms with Gasteiger partial charge in [-0.25, -0.2) is 13.1 Å². The van der Waals surface area contributed by atoms with Gasteiger partial charge < -0.3 is 5.32 Å². The summed E-state index contributed by atoms with van der Waals surface area (Å²) >= 11 is 9.97. The van der Waals surface area contributed by atoms with Gasteiger partial charge >= 0.3 is 0 Å². The van der Waals surface area contributed by atoms with Crippen LogP contribution < -0.4 is 5.32 Å². The Labute approximate surface area is 240 Å².